The lowest BCUT2D eigenvalue weighted by Gasteiger charge is -2.33. The van der Waals surface area contributed by atoms with Crippen molar-refractivity contribution in [2.75, 3.05) is 41.5 Å². The molecule has 3 amide bonds. The highest BCUT2D eigenvalue weighted by Crippen LogP contribution is 2.45. The van der Waals surface area contributed by atoms with Gasteiger partial charge in [-0.2, -0.15) is 0 Å². The summed E-state index contributed by atoms with van der Waals surface area (Å²) in [5, 5.41) is 4.34. The van der Waals surface area contributed by atoms with Crippen LogP contribution in [0.15, 0.2) is 54.9 Å². The van der Waals surface area contributed by atoms with E-state index in [1.165, 1.54) is 18.0 Å². The predicted octanol–water partition coefficient (Wildman–Crippen LogP) is 3.71. The van der Waals surface area contributed by atoms with Gasteiger partial charge in [-0.25, -0.2) is 18.1 Å². The number of fused-ring (bicyclic) bond motifs is 2. The Kier molecular flexibility index (Phi) is 6.24. The molecule has 2 saturated heterocycles. The van der Waals surface area contributed by atoms with Gasteiger partial charge < -0.3 is 15.0 Å². The van der Waals surface area contributed by atoms with Gasteiger partial charge in [-0.15, -0.1) is 11.8 Å². The van der Waals surface area contributed by atoms with Gasteiger partial charge in [0.2, 0.25) is 0 Å². The Labute approximate surface area is 228 Å². The molecule has 3 aromatic rings. The molecule has 196 valence electrons. The Morgan fingerprint density at radius 2 is 1.89 bits per heavy atom. The Morgan fingerprint density at radius 3 is 2.66 bits per heavy atom. The number of nitrogens with one attached hydrogen (secondary N) is 1. The topological polar surface area (TPSA) is 109 Å². The third kappa shape index (κ3) is 4.38. The summed E-state index contributed by atoms with van der Waals surface area (Å²) in [6.07, 6.45) is 5.04. The first-order chi connectivity index (χ1) is 18.2. The average Bonchev–Trinajstić information content (AvgIpc) is 3.33. The van der Waals surface area contributed by atoms with Crippen LogP contribution in [0.25, 0.3) is 15.7 Å². The van der Waals surface area contributed by atoms with E-state index < -0.39 is 27.2 Å². The van der Waals surface area contributed by atoms with Crippen molar-refractivity contribution in [2.45, 2.75) is 11.3 Å². The van der Waals surface area contributed by atoms with Crippen molar-refractivity contribution in [2.24, 2.45) is 0 Å². The summed E-state index contributed by atoms with van der Waals surface area (Å²) in [6.45, 7) is 0.776. The molecule has 9 nitrogen and oxygen atoms in total. The maximum Gasteiger partial charge on any atom is 0.329 e. The first kappa shape index (κ1) is 25.0. The number of carbonyl (C=O) groups is 2. The summed E-state index contributed by atoms with van der Waals surface area (Å²) in [6, 6.07) is 9.95. The summed E-state index contributed by atoms with van der Waals surface area (Å²) in [5.41, 5.74) is 1.94. The number of sulfone groups is 1. The van der Waals surface area contributed by atoms with Crippen LogP contribution in [0.3, 0.4) is 0 Å². The van der Waals surface area contributed by atoms with E-state index in [0.29, 0.717) is 34.9 Å². The molecule has 2 aromatic carbocycles. The number of anilines is 2. The van der Waals surface area contributed by atoms with Crippen LogP contribution in [0.4, 0.5) is 16.2 Å². The van der Waals surface area contributed by atoms with Gasteiger partial charge in [-0.3, -0.25) is 9.78 Å². The molecule has 6 rings (SSSR count). The Morgan fingerprint density at radius 1 is 1.11 bits per heavy atom. The maximum atomic E-state index is 13.8. The van der Waals surface area contributed by atoms with Gasteiger partial charge in [-0.1, -0.05) is 17.7 Å². The van der Waals surface area contributed by atoms with Gasteiger partial charge in [0.1, 0.15) is 11.0 Å². The van der Waals surface area contributed by atoms with E-state index >= 15 is 0 Å². The fourth-order valence-electron chi connectivity index (χ4n) is 4.94. The molecule has 3 aliphatic heterocycles. The number of urea groups is 1. The van der Waals surface area contributed by atoms with Crippen LogP contribution in [0, 0.1) is 0 Å². The zero-order valence-corrected chi connectivity index (χ0v) is 22.6. The third-order valence-corrected chi connectivity index (χ3v) is 10.3. The number of carbonyl (C=O) groups excluding carboxylic acids is 2. The number of imide groups is 1. The minimum absolute atomic E-state index is 0.0915. The molecule has 0 radical (unpaired) electrons. The number of thioether (sulfide) groups is 1. The summed E-state index contributed by atoms with van der Waals surface area (Å²) in [5.74, 6) is 0.474. The van der Waals surface area contributed by atoms with Crippen molar-refractivity contribution in [3.63, 3.8) is 0 Å². The molecule has 1 aromatic heterocycles. The van der Waals surface area contributed by atoms with Gasteiger partial charge in [-0.05, 0) is 36.4 Å². The molecule has 1 N–H and O–H groups in total. The van der Waals surface area contributed by atoms with Crippen LogP contribution in [-0.4, -0.2) is 68.3 Å². The number of benzene rings is 2. The standard InChI is InChI=1S/C26H23ClN4O5S2/c1-36-17-4-5-20(27)19(11-17)23-12-21-24(37-23)25(32)31(26(33)29-21)22-14-28-13-15-2-3-16(10-18(15)22)30-6-8-38(34,35)9-7-30/h2-5,10-14,21,24H,6-9H2,1H3,(H,29,33). The first-order valence-corrected chi connectivity index (χ1v) is 15.0. The molecule has 2 unspecified atom stereocenters. The maximum absolute atomic E-state index is 13.8. The molecular weight excluding hydrogens is 548 g/mol. The van der Waals surface area contributed by atoms with Crippen LogP contribution < -0.4 is 19.9 Å². The smallest absolute Gasteiger partial charge is 0.329 e. The van der Waals surface area contributed by atoms with Crippen LogP contribution in [0.5, 0.6) is 5.75 Å². The average molecular weight is 571 g/mol. The number of pyridine rings is 1. The fraction of sp³-hybridized carbons (Fsp3) is 0.269. The molecule has 2 fully saturated rings. The summed E-state index contributed by atoms with van der Waals surface area (Å²) in [7, 11) is -1.46. The molecule has 0 aliphatic carbocycles. The largest absolute Gasteiger partial charge is 0.497 e. The van der Waals surface area contributed by atoms with E-state index in [1.807, 2.05) is 35.2 Å². The lowest BCUT2D eigenvalue weighted by atomic mass is 10.1. The number of nitrogens with zero attached hydrogens (tertiary/aromatic N) is 3. The number of methoxy groups -OCH3 is 1. The van der Waals surface area contributed by atoms with E-state index in [4.69, 9.17) is 16.3 Å². The van der Waals surface area contributed by atoms with Crippen molar-refractivity contribution < 1.29 is 22.7 Å². The lowest BCUT2D eigenvalue weighted by molar-refractivity contribution is -0.118. The quantitative estimate of drug-likeness (QED) is 0.506. The van der Waals surface area contributed by atoms with Crippen molar-refractivity contribution in [3.8, 4) is 5.75 Å². The Bertz CT molecular complexity index is 1610. The number of rotatable bonds is 4. The number of hydrogen-bond donors (Lipinski definition) is 1. The third-order valence-electron chi connectivity index (χ3n) is 6.98. The van der Waals surface area contributed by atoms with Crippen molar-refractivity contribution in [3.05, 3.63) is 65.5 Å². The van der Waals surface area contributed by atoms with E-state index in [-0.39, 0.29) is 17.4 Å². The highest BCUT2D eigenvalue weighted by molar-refractivity contribution is 8.09. The molecule has 3 aliphatic rings. The predicted molar refractivity (Wildman–Crippen MR) is 150 cm³/mol. The highest BCUT2D eigenvalue weighted by atomic mass is 35.5. The Balaban J connectivity index is 1.32. The molecular formula is C26H23ClN4O5S2. The Hall–Kier alpha value is -3.28. The number of aromatic nitrogens is 1. The molecule has 2 atom stereocenters. The number of halogens is 1. The monoisotopic (exact) mass is 570 g/mol. The van der Waals surface area contributed by atoms with Crippen molar-refractivity contribution in [1.82, 2.24) is 10.3 Å². The molecule has 0 bridgehead atoms. The normalized spacial score (nSPS) is 22.7. The van der Waals surface area contributed by atoms with Gasteiger partial charge in [0.25, 0.3) is 5.91 Å². The van der Waals surface area contributed by atoms with Crippen LogP contribution >= 0.6 is 23.4 Å². The second-order valence-electron chi connectivity index (χ2n) is 9.27. The second-order valence-corrected chi connectivity index (χ2v) is 13.2. The van der Waals surface area contributed by atoms with Gasteiger partial charge >= 0.3 is 6.03 Å². The van der Waals surface area contributed by atoms with E-state index in [0.717, 1.165) is 26.4 Å². The molecule has 38 heavy (non-hydrogen) atoms. The van der Waals surface area contributed by atoms with Crippen LogP contribution in [0.1, 0.15) is 5.56 Å². The summed E-state index contributed by atoms with van der Waals surface area (Å²) >= 11 is 7.79. The van der Waals surface area contributed by atoms with Gasteiger partial charge in [0.05, 0.1) is 36.5 Å². The first-order valence-electron chi connectivity index (χ1n) is 11.9. The molecule has 0 saturated carbocycles. The van der Waals surface area contributed by atoms with E-state index in [1.54, 1.807) is 25.4 Å². The molecule has 12 heteroatoms. The highest BCUT2D eigenvalue weighted by Gasteiger charge is 2.46. The zero-order valence-electron chi connectivity index (χ0n) is 20.3. The molecule has 4 heterocycles. The minimum Gasteiger partial charge on any atom is -0.497 e. The number of ether oxygens (including phenoxy) is 1. The van der Waals surface area contributed by atoms with Crippen molar-refractivity contribution >= 4 is 72.2 Å². The number of amides is 3. The summed E-state index contributed by atoms with van der Waals surface area (Å²) in [4.78, 5) is 35.2. The number of hydrogen-bond acceptors (Lipinski definition) is 8. The van der Waals surface area contributed by atoms with E-state index in [2.05, 4.69) is 10.3 Å². The zero-order chi connectivity index (χ0) is 26.6. The molecule has 0 spiro atoms. The lowest BCUT2D eigenvalue weighted by Crippen LogP contribution is -2.60. The summed E-state index contributed by atoms with van der Waals surface area (Å²) < 4.78 is 29.1. The van der Waals surface area contributed by atoms with Crippen molar-refractivity contribution in [1.29, 1.82) is 0 Å². The minimum atomic E-state index is -3.03. The SMILES string of the molecule is COc1ccc(Cl)c(C2=CC3NC(=O)N(c4cncc5ccc(N6CCS(=O)(=O)CC6)cc45)C(=O)C3S2)c1. The second kappa shape index (κ2) is 9.48. The van der Waals surface area contributed by atoms with Gasteiger partial charge in [0.15, 0.2) is 9.84 Å². The fourth-order valence-corrected chi connectivity index (χ4v) is 7.71. The van der Waals surface area contributed by atoms with Crippen LogP contribution in [-0.2, 0) is 14.6 Å². The van der Waals surface area contributed by atoms with Crippen LogP contribution in [0.2, 0.25) is 5.02 Å². The van der Waals surface area contributed by atoms with E-state index in [9.17, 15) is 18.0 Å². The van der Waals surface area contributed by atoms with Gasteiger partial charge in [0, 0.05) is 51.2 Å².